The van der Waals surface area contributed by atoms with Gasteiger partial charge in [-0.05, 0) is 22.3 Å². The van der Waals surface area contributed by atoms with Gasteiger partial charge in [-0.25, -0.2) is 19.6 Å². The number of aromatic nitrogens is 2. The smallest absolute Gasteiger partial charge is 0.407 e. The minimum Gasteiger partial charge on any atom is -0.476 e. The summed E-state index contributed by atoms with van der Waals surface area (Å²) in [6.07, 6.45) is 1.37. The second kappa shape index (κ2) is 9.74. The maximum atomic E-state index is 12.5. The van der Waals surface area contributed by atoms with Gasteiger partial charge in [0, 0.05) is 5.92 Å². The monoisotopic (exact) mass is 488 g/mol. The number of fused-ring (bicyclic) bond motifs is 3. The number of nitrogens with zero attached hydrogens (tertiary/aromatic N) is 2. The Bertz CT molecular complexity index is 1400. The lowest BCUT2D eigenvalue weighted by molar-refractivity contribution is 0.0687. The lowest BCUT2D eigenvalue weighted by Gasteiger charge is -2.14. The zero-order valence-electron chi connectivity index (χ0n) is 18.8. The minimum atomic E-state index is -1.28. The number of amides is 2. The standard InChI is InChI=1S/C25H20N4O7/c30-23(26-9-20-22(24(31)32)29-13-36-20)21-19(35-12-28-21)10-27-25(33)34-11-18-16-7-3-1-5-14(16)15-6-2-4-8-17(15)18/h1-8,12-13,18H,9-11H2,(H,26,30)(H,27,33)(H,31,32). The molecular formula is C25H20N4O7. The molecule has 1 aliphatic rings. The van der Waals surface area contributed by atoms with Crippen molar-refractivity contribution in [2.45, 2.75) is 19.0 Å². The van der Waals surface area contributed by atoms with Gasteiger partial charge < -0.3 is 29.3 Å². The van der Waals surface area contributed by atoms with E-state index in [1.54, 1.807) is 0 Å². The number of oxazole rings is 2. The molecule has 36 heavy (non-hydrogen) atoms. The molecule has 5 rings (SSSR count). The van der Waals surface area contributed by atoms with Crippen LogP contribution in [0.4, 0.5) is 4.79 Å². The van der Waals surface area contributed by atoms with E-state index in [4.69, 9.17) is 18.7 Å². The number of ether oxygens (including phenoxy) is 1. The van der Waals surface area contributed by atoms with E-state index in [9.17, 15) is 14.4 Å². The van der Waals surface area contributed by atoms with E-state index in [1.807, 2.05) is 36.4 Å². The largest absolute Gasteiger partial charge is 0.476 e. The second-order valence-corrected chi connectivity index (χ2v) is 7.92. The number of carbonyl (C=O) groups excluding carboxylic acids is 2. The summed E-state index contributed by atoms with van der Waals surface area (Å²) in [6, 6.07) is 16.0. The molecule has 2 aromatic heterocycles. The molecule has 0 saturated heterocycles. The first-order chi connectivity index (χ1) is 17.5. The number of aromatic carboxylic acids is 1. The van der Waals surface area contributed by atoms with Gasteiger partial charge in [0.15, 0.2) is 35.7 Å². The molecule has 0 atom stereocenters. The number of rotatable bonds is 8. The van der Waals surface area contributed by atoms with Gasteiger partial charge in [0.2, 0.25) is 0 Å². The van der Waals surface area contributed by atoms with Gasteiger partial charge in [-0.1, -0.05) is 48.5 Å². The topological polar surface area (TPSA) is 157 Å². The van der Waals surface area contributed by atoms with E-state index in [-0.39, 0.29) is 48.5 Å². The first kappa shape index (κ1) is 22.8. The molecule has 0 unspecified atom stereocenters. The highest BCUT2D eigenvalue weighted by Crippen LogP contribution is 2.44. The van der Waals surface area contributed by atoms with Crippen LogP contribution in [0.2, 0.25) is 0 Å². The Kier molecular flexibility index (Phi) is 6.18. The summed E-state index contributed by atoms with van der Waals surface area (Å²) in [7, 11) is 0. The Labute approximate surface area is 204 Å². The van der Waals surface area contributed by atoms with Gasteiger partial charge in [0.05, 0.1) is 13.1 Å². The zero-order chi connectivity index (χ0) is 25.1. The molecule has 11 nitrogen and oxygen atoms in total. The summed E-state index contributed by atoms with van der Waals surface area (Å²) in [5.74, 6) is -1.90. The second-order valence-electron chi connectivity index (χ2n) is 7.92. The third-order valence-corrected chi connectivity index (χ3v) is 5.85. The van der Waals surface area contributed by atoms with Crippen molar-refractivity contribution < 1.29 is 33.1 Å². The number of carboxylic acids is 1. The third-order valence-electron chi connectivity index (χ3n) is 5.85. The molecule has 0 aliphatic heterocycles. The summed E-state index contributed by atoms with van der Waals surface area (Å²) >= 11 is 0. The third kappa shape index (κ3) is 4.41. The molecule has 2 heterocycles. The number of benzene rings is 2. The average Bonchev–Trinajstić information content (AvgIpc) is 3.62. The number of carbonyl (C=O) groups is 3. The average molecular weight is 488 g/mol. The fourth-order valence-corrected chi connectivity index (χ4v) is 4.20. The summed E-state index contributed by atoms with van der Waals surface area (Å²) in [5, 5.41) is 14.1. The Morgan fingerprint density at radius 1 is 0.833 bits per heavy atom. The van der Waals surface area contributed by atoms with Crippen molar-refractivity contribution in [3.8, 4) is 11.1 Å². The molecule has 182 valence electrons. The summed E-state index contributed by atoms with van der Waals surface area (Å²) < 4.78 is 15.7. The lowest BCUT2D eigenvalue weighted by atomic mass is 9.98. The maximum Gasteiger partial charge on any atom is 0.407 e. The van der Waals surface area contributed by atoms with E-state index >= 15 is 0 Å². The fraction of sp³-hybridized carbons (Fsp3) is 0.160. The maximum absolute atomic E-state index is 12.5. The molecule has 2 amide bonds. The van der Waals surface area contributed by atoms with Crippen LogP contribution in [0.3, 0.4) is 0 Å². The first-order valence-corrected chi connectivity index (χ1v) is 11.0. The highest BCUT2D eigenvalue weighted by molar-refractivity contribution is 5.93. The normalized spacial score (nSPS) is 12.0. The van der Waals surface area contributed by atoms with Crippen molar-refractivity contribution in [2.75, 3.05) is 6.61 Å². The van der Waals surface area contributed by atoms with Crippen molar-refractivity contribution >= 4 is 18.0 Å². The molecular weight excluding hydrogens is 468 g/mol. The predicted molar refractivity (Wildman–Crippen MR) is 123 cm³/mol. The van der Waals surface area contributed by atoms with Crippen LogP contribution in [0, 0.1) is 0 Å². The fourth-order valence-electron chi connectivity index (χ4n) is 4.20. The van der Waals surface area contributed by atoms with Crippen LogP contribution in [0.25, 0.3) is 11.1 Å². The number of carboxylic acid groups (broad SMARTS) is 1. The summed E-state index contributed by atoms with van der Waals surface area (Å²) in [6.45, 7) is -0.207. The number of hydrogen-bond acceptors (Lipinski definition) is 8. The van der Waals surface area contributed by atoms with Crippen LogP contribution in [0.5, 0.6) is 0 Å². The van der Waals surface area contributed by atoms with Gasteiger partial charge in [-0.15, -0.1) is 0 Å². The summed E-state index contributed by atoms with van der Waals surface area (Å²) in [4.78, 5) is 43.5. The molecule has 0 saturated carbocycles. The number of alkyl carbamates (subject to hydrolysis) is 1. The van der Waals surface area contributed by atoms with Crippen molar-refractivity contribution in [1.82, 2.24) is 20.6 Å². The van der Waals surface area contributed by atoms with Crippen LogP contribution >= 0.6 is 0 Å². The van der Waals surface area contributed by atoms with E-state index in [1.165, 1.54) is 0 Å². The number of hydrogen-bond donors (Lipinski definition) is 3. The van der Waals surface area contributed by atoms with Crippen LogP contribution < -0.4 is 10.6 Å². The Hall–Kier alpha value is -4.93. The van der Waals surface area contributed by atoms with Crippen LogP contribution in [-0.2, 0) is 17.8 Å². The lowest BCUT2D eigenvalue weighted by Crippen LogP contribution is -2.28. The highest BCUT2D eigenvalue weighted by atomic mass is 16.5. The molecule has 0 spiro atoms. The van der Waals surface area contributed by atoms with Gasteiger partial charge in [0.1, 0.15) is 6.61 Å². The molecule has 0 bridgehead atoms. The van der Waals surface area contributed by atoms with Crippen molar-refractivity contribution in [3.63, 3.8) is 0 Å². The molecule has 0 fully saturated rings. The van der Waals surface area contributed by atoms with E-state index in [0.29, 0.717) is 0 Å². The molecule has 1 aliphatic carbocycles. The minimum absolute atomic E-state index is 0.0161. The van der Waals surface area contributed by atoms with Crippen molar-refractivity contribution in [1.29, 1.82) is 0 Å². The molecule has 0 radical (unpaired) electrons. The molecule has 2 aromatic carbocycles. The quantitative estimate of drug-likeness (QED) is 0.338. The Morgan fingerprint density at radius 3 is 2.03 bits per heavy atom. The van der Waals surface area contributed by atoms with Crippen molar-refractivity contribution in [3.05, 3.63) is 95.4 Å². The van der Waals surface area contributed by atoms with E-state index in [2.05, 4.69) is 32.7 Å². The van der Waals surface area contributed by atoms with Gasteiger partial charge >= 0.3 is 12.1 Å². The predicted octanol–water partition coefficient (Wildman–Crippen LogP) is 3.33. The number of nitrogens with one attached hydrogen (secondary N) is 2. The van der Waals surface area contributed by atoms with Gasteiger partial charge in [0.25, 0.3) is 5.91 Å². The zero-order valence-corrected chi connectivity index (χ0v) is 18.8. The Morgan fingerprint density at radius 2 is 1.39 bits per heavy atom. The molecule has 11 heteroatoms. The van der Waals surface area contributed by atoms with E-state index in [0.717, 1.165) is 35.0 Å². The van der Waals surface area contributed by atoms with Gasteiger partial charge in [-0.2, -0.15) is 0 Å². The van der Waals surface area contributed by atoms with Crippen LogP contribution in [0.15, 0.2) is 70.2 Å². The Balaban J connectivity index is 1.17. The summed E-state index contributed by atoms with van der Waals surface area (Å²) in [5.41, 5.74) is 4.08. The first-order valence-electron chi connectivity index (χ1n) is 11.0. The molecule has 4 aromatic rings. The van der Waals surface area contributed by atoms with Crippen molar-refractivity contribution in [2.24, 2.45) is 0 Å². The van der Waals surface area contributed by atoms with E-state index < -0.39 is 18.0 Å². The van der Waals surface area contributed by atoms with Crippen LogP contribution in [0.1, 0.15) is 49.5 Å². The van der Waals surface area contributed by atoms with Gasteiger partial charge in [-0.3, -0.25) is 4.79 Å². The molecule has 3 N–H and O–H groups in total. The SMILES string of the molecule is O=C(NCc1ocnc1C(=O)NCc1ocnc1C(=O)O)OCC1c2ccccc2-c2ccccc21. The highest BCUT2D eigenvalue weighted by Gasteiger charge is 2.29. The van der Waals surface area contributed by atoms with Crippen LogP contribution in [-0.4, -0.2) is 39.7 Å².